The second-order valence-corrected chi connectivity index (χ2v) is 22.9. The largest absolute Gasteiger partial charge is 0.494 e. The van der Waals surface area contributed by atoms with Gasteiger partial charge in [0.05, 0.1) is 43.5 Å². The average Bonchev–Trinajstić information content (AvgIpc) is 3.36. The van der Waals surface area contributed by atoms with Gasteiger partial charge in [0.15, 0.2) is 0 Å². The number of unbranched alkanes of at least 4 members (excludes halogenated alkanes) is 6. The zero-order valence-corrected chi connectivity index (χ0v) is 48.1. The van der Waals surface area contributed by atoms with Crippen LogP contribution in [0.5, 0.6) is 11.5 Å². The van der Waals surface area contributed by atoms with Crippen molar-refractivity contribution in [2.24, 2.45) is 0 Å². The van der Waals surface area contributed by atoms with Crippen molar-refractivity contribution in [1.82, 2.24) is 9.97 Å². The first-order valence-electron chi connectivity index (χ1n) is 25.4. The van der Waals surface area contributed by atoms with E-state index in [-0.39, 0.29) is 10.8 Å². The first kappa shape index (κ1) is 54.0. The number of rotatable bonds is 12. The lowest BCUT2D eigenvalue weighted by Crippen LogP contribution is -2.12. The van der Waals surface area contributed by atoms with Crippen molar-refractivity contribution in [2.75, 3.05) is 14.2 Å². The molecular weight excluding hydrogens is 1110 g/mol. The molecule has 0 N–H and O–H groups in total. The van der Waals surface area contributed by atoms with E-state index in [4.69, 9.17) is 19.4 Å². The molecule has 0 fully saturated rings. The maximum atomic E-state index is 5.77. The van der Waals surface area contributed by atoms with Crippen LogP contribution in [0.1, 0.15) is 174 Å². The molecule has 6 heteroatoms. The minimum Gasteiger partial charge on any atom is -0.494 e. The number of nitrogens with zero attached hydrogens (tertiary/aromatic N) is 2. The second kappa shape index (κ2) is 24.8. The second-order valence-electron chi connectivity index (χ2n) is 20.5. The molecule has 4 nitrogen and oxygen atoms in total. The fraction of sp³-hybridized carbons (Fsp3) is 0.333. The van der Waals surface area contributed by atoms with Crippen molar-refractivity contribution in [3.63, 3.8) is 0 Å². The Kier molecular flexibility index (Phi) is 18.6. The number of fused-ring (bicyclic) bond motifs is 3. The number of hydrogen-bond acceptors (Lipinski definition) is 4. The van der Waals surface area contributed by atoms with Crippen LogP contribution in [0.25, 0.3) is 21.8 Å². The molecule has 7 aromatic rings. The van der Waals surface area contributed by atoms with Crippen molar-refractivity contribution < 1.29 is 9.47 Å². The number of methoxy groups -OCH3 is 2. The molecule has 0 amide bonds. The van der Waals surface area contributed by atoms with Crippen LogP contribution in [0.2, 0.25) is 0 Å². The molecule has 72 heavy (non-hydrogen) atoms. The number of pyridine rings is 2. The van der Waals surface area contributed by atoms with E-state index in [1.54, 1.807) is 14.2 Å². The van der Waals surface area contributed by atoms with Crippen molar-refractivity contribution >= 4 is 67.0 Å². The molecule has 0 aliphatic carbocycles. The third kappa shape index (κ3) is 13.6. The van der Waals surface area contributed by atoms with Gasteiger partial charge < -0.3 is 9.47 Å². The summed E-state index contributed by atoms with van der Waals surface area (Å²) in [5.74, 6) is 29.5. The molecule has 0 aliphatic heterocycles. The van der Waals surface area contributed by atoms with Gasteiger partial charge in [0.2, 0.25) is 0 Å². The summed E-state index contributed by atoms with van der Waals surface area (Å²) >= 11 is 4.68. The first-order valence-corrected chi connectivity index (χ1v) is 27.5. The lowest BCUT2D eigenvalue weighted by atomic mass is 9.86. The highest BCUT2D eigenvalue weighted by atomic mass is 127. The van der Waals surface area contributed by atoms with E-state index in [0.29, 0.717) is 0 Å². The summed E-state index contributed by atoms with van der Waals surface area (Å²) in [6.07, 6.45) is 15.2. The Morgan fingerprint density at radius 2 is 0.792 bits per heavy atom. The molecule has 366 valence electrons. The van der Waals surface area contributed by atoms with E-state index in [2.05, 4.69) is 209 Å². The summed E-state index contributed by atoms with van der Waals surface area (Å²) in [5, 5.41) is 2.03. The summed E-state index contributed by atoms with van der Waals surface area (Å²) in [4.78, 5) is 10.3. The molecule has 0 bridgehead atoms. The van der Waals surface area contributed by atoms with E-state index < -0.39 is 0 Å². The van der Waals surface area contributed by atoms with Crippen molar-refractivity contribution in [3.05, 3.63) is 171 Å². The highest BCUT2D eigenvalue weighted by Crippen LogP contribution is 2.35. The highest BCUT2D eigenvalue weighted by Gasteiger charge is 2.20. The lowest BCUT2D eigenvalue weighted by Gasteiger charge is -2.21. The minimum absolute atomic E-state index is 0.000777. The van der Waals surface area contributed by atoms with Gasteiger partial charge in [-0.3, -0.25) is 9.97 Å². The van der Waals surface area contributed by atoms with E-state index in [0.717, 1.165) is 111 Å². The Balaban J connectivity index is 1.24. The summed E-state index contributed by atoms with van der Waals surface area (Å²) in [7, 11) is 3.42. The number of ether oxygens (including phenoxy) is 2. The van der Waals surface area contributed by atoms with Crippen LogP contribution in [-0.4, -0.2) is 24.2 Å². The van der Waals surface area contributed by atoms with Crippen LogP contribution in [0.15, 0.2) is 97.3 Å². The summed E-state index contributed by atoms with van der Waals surface area (Å²) in [6, 6.07) is 29.5. The predicted molar refractivity (Wildman–Crippen MR) is 318 cm³/mol. The first-order chi connectivity index (χ1) is 34.6. The molecule has 0 spiro atoms. The average molecular weight is 1170 g/mol. The van der Waals surface area contributed by atoms with Gasteiger partial charge in [0.25, 0.3) is 0 Å². The van der Waals surface area contributed by atoms with Gasteiger partial charge in [-0.2, -0.15) is 0 Å². The van der Waals surface area contributed by atoms with Crippen LogP contribution in [-0.2, 0) is 23.7 Å². The number of aromatic nitrogens is 2. The van der Waals surface area contributed by atoms with Crippen molar-refractivity contribution in [1.29, 1.82) is 0 Å². The van der Waals surface area contributed by atoms with Gasteiger partial charge in [0, 0.05) is 56.5 Å². The molecule has 2 heterocycles. The number of aryl methyl sites for hydroxylation is 2. The number of halogens is 2. The van der Waals surface area contributed by atoms with E-state index in [9.17, 15) is 0 Å². The lowest BCUT2D eigenvalue weighted by molar-refractivity contribution is 0.409. The fourth-order valence-electron chi connectivity index (χ4n) is 8.64. The monoisotopic (exact) mass is 1170 g/mol. The zero-order chi connectivity index (χ0) is 51.4. The third-order valence-electron chi connectivity index (χ3n) is 13.0. The van der Waals surface area contributed by atoms with E-state index in [1.807, 2.05) is 36.7 Å². The maximum absolute atomic E-state index is 5.77. The van der Waals surface area contributed by atoms with Crippen molar-refractivity contribution in [2.45, 2.75) is 130 Å². The predicted octanol–water partition coefficient (Wildman–Crippen LogP) is 16.4. The maximum Gasteiger partial charge on any atom is 0.147 e. The third-order valence-corrected chi connectivity index (χ3v) is 14.6. The fourth-order valence-corrected chi connectivity index (χ4v) is 10.3. The van der Waals surface area contributed by atoms with Gasteiger partial charge in [0.1, 0.15) is 11.5 Å². The molecular formula is C66H66I2N2O2. The molecule has 0 atom stereocenters. The molecule has 0 radical (unpaired) electrons. The summed E-state index contributed by atoms with van der Waals surface area (Å²) in [6.45, 7) is 17.8. The summed E-state index contributed by atoms with van der Waals surface area (Å²) < 4.78 is 13.7. The molecule has 2 aromatic heterocycles. The topological polar surface area (TPSA) is 44.2 Å². The standard InChI is InChI=1S/C66H66I2N2O2/c1-11-13-15-17-19-51-43-69-61-57(55(51)35-31-47-25-21-45(22-26-47)29-33-49-39-53(65(3,4)5)41-59(67)63(49)71-9)37-38-58-56(52(44-70-62(58)61)20-18-16-14-12-2)36-32-48-27-23-46(24-28-48)30-34-50-40-54(66(6,7)8)42-60(68)64(50)72-10/h21-28,37-44H,11-20H2,1-10H3. The number of benzene rings is 5. The van der Waals surface area contributed by atoms with Crippen LogP contribution in [0, 0.1) is 54.5 Å². The Morgan fingerprint density at radius 3 is 1.11 bits per heavy atom. The Morgan fingerprint density at radius 1 is 0.444 bits per heavy atom. The Hall–Kier alpha value is -5.78. The zero-order valence-electron chi connectivity index (χ0n) is 43.8. The minimum atomic E-state index is -0.000777. The SMILES string of the molecule is CCCCCCc1cnc2c(ccc3c(C#Cc4ccc(C#Cc5cc(C(C)(C)C)cc(I)c5OC)cc4)c(CCCCCC)cnc32)c1C#Cc1ccc(C#Cc2cc(C(C)(C)C)cc(I)c2OC)cc1. The highest BCUT2D eigenvalue weighted by molar-refractivity contribution is 14.1. The van der Waals surface area contributed by atoms with Crippen LogP contribution in [0.4, 0.5) is 0 Å². The molecule has 7 rings (SSSR count). The van der Waals surface area contributed by atoms with Crippen LogP contribution < -0.4 is 9.47 Å². The van der Waals surface area contributed by atoms with Gasteiger partial charge in [-0.25, -0.2) is 0 Å². The van der Waals surface area contributed by atoms with E-state index in [1.165, 1.54) is 60.8 Å². The van der Waals surface area contributed by atoms with Gasteiger partial charge in [-0.05, 0) is 177 Å². The normalized spacial score (nSPS) is 11.2. The molecule has 0 saturated carbocycles. The van der Waals surface area contributed by atoms with Crippen LogP contribution in [0.3, 0.4) is 0 Å². The van der Waals surface area contributed by atoms with Crippen LogP contribution >= 0.6 is 45.2 Å². The van der Waals surface area contributed by atoms with E-state index >= 15 is 0 Å². The van der Waals surface area contributed by atoms with Gasteiger partial charge >= 0.3 is 0 Å². The quantitative estimate of drug-likeness (QED) is 0.0529. The molecule has 5 aromatic carbocycles. The van der Waals surface area contributed by atoms with Gasteiger partial charge in [-0.15, -0.1) is 0 Å². The molecule has 0 aliphatic rings. The Bertz CT molecular complexity index is 3120. The number of hydrogen-bond donors (Lipinski definition) is 0. The molecule has 0 unspecified atom stereocenters. The summed E-state index contributed by atoms with van der Waals surface area (Å²) in [5.41, 5.74) is 14.0. The van der Waals surface area contributed by atoms with Crippen molar-refractivity contribution in [3.8, 4) is 58.9 Å². The molecule has 0 saturated heterocycles. The smallest absolute Gasteiger partial charge is 0.147 e. The van der Waals surface area contributed by atoms with Gasteiger partial charge in [-0.1, -0.05) is 153 Å². The Labute approximate surface area is 457 Å².